The second-order valence-corrected chi connectivity index (χ2v) is 6.08. The zero-order chi connectivity index (χ0) is 15.1. The van der Waals surface area contributed by atoms with Crippen molar-refractivity contribution in [2.75, 3.05) is 38.3 Å². The van der Waals surface area contributed by atoms with Crippen molar-refractivity contribution in [1.82, 2.24) is 10.3 Å². The summed E-state index contributed by atoms with van der Waals surface area (Å²) in [6, 6.07) is 4.63. The fourth-order valence-corrected chi connectivity index (χ4v) is 2.79. The highest BCUT2D eigenvalue weighted by molar-refractivity contribution is 5.43. The van der Waals surface area contributed by atoms with E-state index in [9.17, 15) is 0 Å². The summed E-state index contributed by atoms with van der Waals surface area (Å²) in [5.41, 5.74) is 2.30. The molecule has 0 aromatic carbocycles. The molecule has 4 heteroatoms. The van der Waals surface area contributed by atoms with Gasteiger partial charge in [-0.05, 0) is 50.8 Å². The normalized spacial score (nSPS) is 20.2. The van der Waals surface area contributed by atoms with Gasteiger partial charge in [0.05, 0.1) is 24.2 Å². The van der Waals surface area contributed by atoms with Crippen molar-refractivity contribution in [3.05, 3.63) is 24.0 Å². The Morgan fingerprint density at radius 3 is 2.95 bits per heavy atom. The van der Waals surface area contributed by atoms with Gasteiger partial charge in [-0.25, -0.2) is 0 Å². The summed E-state index contributed by atoms with van der Waals surface area (Å²) in [5, 5.41) is 3.47. The Labute approximate surface area is 128 Å². The van der Waals surface area contributed by atoms with Crippen molar-refractivity contribution >= 4 is 5.69 Å². The van der Waals surface area contributed by atoms with E-state index in [1.807, 2.05) is 6.20 Å². The van der Waals surface area contributed by atoms with Gasteiger partial charge in [0, 0.05) is 26.2 Å². The summed E-state index contributed by atoms with van der Waals surface area (Å²) in [6.45, 7) is 8.25. The molecule has 1 saturated heterocycles. The largest absolute Gasteiger partial charge is 0.381 e. The van der Waals surface area contributed by atoms with Crippen LogP contribution in [0.4, 0.5) is 5.69 Å². The summed E-state index contributed by atoms with van der Waals surface area (Å²) in [4.78, 5) is 6.90. The van der Waals surface area contributed by atoms with Crippen LogP contribution in [0.1, 0.15) is 44.8 Å². The maximum absolute atomic E-state index is 5.56. The molecule has 0 saturated carbocycles. The van der Waals surface area contributed by atoms with Crippen LogP contribution in [-0.4, -0.2) is 38.3 Å². The molecule has 0 bridgehead atoms. The Hall–Kier alpha value is -1.13. The number of hydrogen-bond acceptors (Lipinski definition) is 4. The van der Waals surface area contributed by atoms with E-state index in [4.69, 9.17) is 4.74 Å². The smallest absolute Gasteiger partial charge is 0.0572 e. The van der Waals surface area contributed by atoms with E-state index in [0.29, 0.717) is 12.0 Å². The SMILES string of the molecule is CCCNC(C)c1ccc(N(C)CC2CCCOC2)cn1. The van der Waals surface area contributed by atoms with Crippen LogP contribution in [0.5, 0.6) is 0 Å². The molecule has 1 fully saturated rings. The highest BCUT2D eigenvalue weighted by Gasteiger charge is 2.16. The van der Waals surface area contributed by atoms with Crippen LogP contribution in [0.15, 0.2) is 18.3 Å². The lowest BCUT2D eigenvalue weighted by molar-refractivity contribution is 0.0576. The maximum Gasteiger partial charge on any atom is 0.0572 e. The first-order valence-corrected chi connectivity index (χ1v) is 8.19. The van der Waals surface area contributed by atoms with Crippen molar-refractivity contribution in [3.63, 3.8) is 0 Å². The van der Waals surface area contributed by atoms with Gasteiger partial charge >= 0.3 is 0 Å². The number of rotatable bonds is 7. The van der Waals surface area contributed by atoms with Gasteiger partial charge in [-0.3, -0.25) is 4.98 Å². The molecule has 4 nitrogen and oxygen atoms in total. The molecule has 1 N–H and O–H groups in total. The molecule has 0 amide bonds. The van der Waals surface area contributed by atoms with Gasteiger partial charge in [0.1, 0.15) is 0 Å². The Morgan fingerprint density at radius 1 is 1.48 bits per heavy atom. The molecule has 1 aromatic heterocycles. The molecule has 0 spiro atoms. The van der Waals surface area contributed by atoms with Crippen LogP contribution in [-0.2, 0) is 4.74 Å². The number of aromatic nitrogens is 1. The Balaban J connectivity index is 1.88. The molecule has 118 valence electrons. The lowest BCUT2D eigenvalue weighted by Gasteiger charge is -2.28. The van der Waals surface area contributed by atoms with Crippen molar-refractivity contribution in [2.45, 2.75) is 39.2 Å². The van der Waals surface area contributed by atoms with E-state index in [-0.39, 0.29) is 0 Å². The maximum atomic E-state index is 5.56. The molecule has 1 aliphatic heterocycles. The molecule has 2 rings (SSSR count). The summed E-state index contributed by atoms with van der Waals surface area (Å²) in [6.07, 6.45) is 5.60. The standard InChI is InChI=1S/C17H29N3O/c1-4-9-18-14(2)17-8-7-16(11-19-17)20(3)12-15-6-5-10-21-13-15/h7-8,11,14-15,18H,4-6,9-10,12-13H2,1-3H3. The summed E-state index contributed by atoms with van der Waals surface area (Å²) < 4.78 is 5.56. The minimum absolute atomic E-state index is 0.316. The highest BCUT2D eigenvalue weighted by Crippen LogP contribution is 2.20. The third kappa shape index (κ3) is 4.97. The molecule has 1 aliphatic rings. The molecule has 21 heavy (non-hydrogen) atoms. The monoisotopic (exact) mass is 291 g/mol. The van der Waals surface area contributed by atoms with Crippen molar-refractivity contribution in [2.24, 2.45) is 5.92 Å². The van der Waals surface area contributed by atoms with Crippen molar-refractivity contribution < 1.29 is 4.74 Å². The first-order valence-electron chi connectivity index (χ1n) is 8.19. The van der Waals surface area contributed by atoms with Crippen LogP contribution >= 0.6 is 0 Å². The number of nitrogens with zero attached hydrogens (tertiary/aromatic N) is 2. The number of ether oxygens (including phenoxy) is 1. The molecule has 2 atom stereocenters. The fraction of sp³-hybridized carbons (Fsp3) is 0.706. The average Bonchev–Trinajstić information content (AvgIpc) is 2.53. The summed E-state index contributed by atoms with van der Waals surface area (Å²) >= 11 is 0. The van der Waals surface area contributed by atoms with E-state index in [1.165, 1.54) is 18.5 Å². The number of pyridine rings is 1. The Bertz CT molecular complexity index is 401. The van der Waals surface area contributed by atoms with Crippen LogP contribution in [0, 0.1) is 5.92 Å². The van der Waals surface area contributed by atoms with E-state index >= 15 is 0 Å². The third-order valence-corrected chi connectivity index (χ3v) is 4.14. The van der Waals surface area contributed by atoms with Gasteiger partial charge in [0.2, 0.25) is 0 Å². The number of nitrogens with one attached hydrogen (secondary N) is 1. The molecular formula is C17H29N3O. The minimum atomic E-state index is 0.316. The van der Waals surface area contributed by atoms with Gasteiger partial charge in [-0.15, -0.1) is 0 Å². The van der Waals surface area contributed by atoms with Crippen molar-refractivity contribution in [3.8, 4) is 0 Å². The first kappa shape index (κ1) is 16.2. The predicted octanol–water partition coefficient (Wildman–Crippen LogP) is 3.01. The van der Waals surface area contributed by atoms with E-state index in [1.54, 1.807) is 0 Å². The van der Waals surface area contributed by atoms with Crippen LogP contribution in [0.25, 0.3) is 0 Å². The highest BCUT2D eigenvalue weighted by atomic mass is 16.5. The van der Waals surface area contributed by atoms with Gasteiger partial charge in [-0.1, -0.05) is 6.92 Å². The molecule has 2 heterocycles. The Morgan fingerprint density at radius 2 is 2.33 bits per heavy atom. The second-order valence-electron chi connectivity index (χ2n) is 6.08. The van der Waals surface area contributed by atoms with Gasteiger partial charge in [0.15, 0.2) is 0 Å². The zero-order valence-electron chi connectivity index (χ0n) is 13.6. The quantitative estimate of drug-likeness (QED) is 0.838. The summed E-state index contributed by atoms with van der Waals surface area (Å²) in [5.74, 6) is 0.647. The lowest BCUT2D eigenvalue weighted by Crippen LogP contribution is -2.31. The van der Waals surface area contributed by atoms with Gasteiger partial charge in [0.25, 0.3) is 0 Å². The zero-order valence-corrected chi connectivity index (χ0v) is 13.6. The van der Waals surface area contributed by atoms with Crippen LogP contribution in [0.3, 0.4) is 0 Å². The molecule has 0 aliphatic carbocycles. The second kappa shape index (κ2) is 8.35. The Kier molecular flexibility index (Phi) is 6.46. The van der Waals surface area contributed by atoms with Crippen LogP contribution < -0.4 is 10.2 Å². The third-order valence-electron chi connectivity index (χ3n) is 4.14. The van der Waals surface area contributed by atoms with E-state index in [2.05, 4.69) is 48.2 Å². The van der Waals surface area contributed by atoms with E-state index in [0.717, 1.165) is 38.4 Å². The molecule has 0 radical (unpaired) electrons. The van der Waals surface area contributed by atoms with Crippen molar-refractivity contribution in [1.29, 1.82) is 0 Å². The van der Waals surface area contributed by atoms with E-state index < -0.39 is 0 Å². The average molecular weight is 291 g/mol. The predicted molar refractivity (Wildman–Crippen MR) is 87.8 cm³/mol. The van der Waals surface area contributed by atoms with Gasteiger partial charge < -0.3 is 15.0 Å². The summed E-state index contributed by atoms with van der Waals surface area (Å²) in [7, 11) is 2.14. The number of hydrogen-bond donors (Lipinski definition) is 1. The molecule has 1 aromatic rings. The minimum Gasteiger partial charge on any atom is -0.381 e. The molecule has 2 unspecified atom stereocenters. The topological polar surface area (TPSA) is 37.4 Å². The lowest BCUT2D eigenvalue weighted by atomic mass is 10.0. The van der Waals surface area contributed by atoms with Crippen LogP contribution in [0.2, 0.25) is 0 Å². The van der Waals surface area contributed by atoms with Gasteiger partial charge in [-0.2, -0.15) is 0 Å². The first-order chi connectivity index (χ1) is 10.2. The fourth-order valence-electron chi connectivity index (χ4n) is 2.79. The molecular weight excluding hydrogens is 262 g/mol. The number of anilines is 1.